The van der Waals surface area contributed by atoms with Crippen LogP contribution in [0.4, 0.5) is 5.82 Å². The molecule has 2 heterocycles. The lowest BCUT2D eigenvalue weighted by Crippen LogP contribution is -2.38. The summed E-state index contributed by atoms with van der Waals surface area (Å²) in [5, 5.41) is 3.71. The quantitative estimate of drug-likeness (QED) is 0.925. The van der Waals surface area contributed by atoms with Crippen molar-refractivity contribution < 1.29 is 9.53 Å². The van der Waals surface area contributed by atoms with E-state index in [4.69, 9.17) is 16.3 Å². The van der Waals surface area contributed by atoms with Crippen molar-refractivity contribution in [2.75, 3.05) is 31.2 Å². The van der Waals surface area contributed by atoms with Gasteiger partial charge in [0.2, 0.25) is 0 Å². The standard InChI is InChI=1S/C18H20ClN3O2/c1-13(14-4-6-15(19)7-5-14)21-18(23)16-3-2-8-20-17(16)22-9-11-24-12-10-22/h2-8,13H,9-12H2,1H3,(H,21,23). The van der Waals surface area contributed by atoms with Gasteiger partial charge in [-0.15, -0.1) is 0 Å². The largest absolute Gasteiger partial charge is 0.378 e. The number of nitrogens with zero attached hydrogens (tertiary/aromatic N) is 2. The zero-order chi connectivity index (χ0) is 16.9. The summed E-state index contributed by atoms with van der Waals surface area (Å²) in [6.45, 7) is 4.73. The van der Waals surface area contributed by atoms with Gasteiger partial charge in [-0.2, -0.15) is 0 Å². The molecule has 1 atom stereocenters. The summed E-state index contributed by atoms with van der Waals surface area (Å²) >= 11 is 5.91. The van der Waals surface area contributed by atoms with Gasteiger partial charge < -0.3 is 15.0 Å². The van der Waals surface area contributed by atoms with Crippen LogP contribution in [0.1, 0.15) is 28.9 Å². The molecule has 0 spiro atoms. The van der Waals surface area contributed by atoms with Crippen LogP contribution >= 0.6 is 11.6 Å². The van der Waals surface area contributed by atoms with Gasteiger partial charge in [0.15, 0.2) is 0 Å². The number of ether oxygens (including phenoxy) is 1. The van der Waals surface area contributed by atoms with Crippen LogP contribution in [-0.4, -0.2) is 37.2 Å². The van der Waals surface area contributed by atoms with Crippen LogP contribution in [0.3, 0.4) is 0 Å². The zero-order valence-corrected chi connectivity index (χ0v) is 14.3. The Kier molecular flexibility index (Phi) is 5.33. The predicted octanol–water partition coefficient (Wildman–Crippen LogP) is 3.06. The lowest BCUT2D eigenvalue weighted by Gasteiger charge is -2.29. The highest BCUT2D eigenvalue weighted by molar-refractivity contribution is 6.30. The van der Waals surface area contributed by atoms with Crippen LogP contribution in [0.5, 0.6) is 0 Å². The third-order valence-corrected chi connectivity index (χ3v) is 4.31. The maximum atomic E-state index is 12.7. The van der Waals surface area contributed by atoms with E-state index in [-0.39, 0.29) is 11.9 Å². The Morgan fingerprint density at radius 3 is 2.67 bits per heavy atom. The van der Waals surface area contributed by atoms with Crippen molar-refractivity contribution in [3.63, 3.8) is 0 Å². The minimum Gasteiger partial charge on any atom is -0.378 e. The van der Waals surface area contributed by atoms with E-state index >= 15 is 0 Å². The number of hydrogen-bond donors (Lipinski definition) is 1. The fraction of sp³-hybridized carbons (Fsp3) is 0.333. The number of nitrogens with one attached hydrogen (secondary N) is 1. The summed E-state index contributed by atoms with van der Waals surface area (Å²) in [4.78, 5) is 19.2. The van der Waals surface area contributed by atoms with E-state index in [0.717, 1.165) is 18.7 Å². The van der Waals surface area contributed by atoms with Gasteiger partial charge in [0.1, 0.15) is 5.82 Å². The summed E-state index contributed by atoms with van der Waals surface area (Å²) in [5.74, 6) is 0.577. The summed E-state index contributed by atoms with van der Waals surface area (Å²) in [6.07, 6.45) is 1.71. The maximum absolute atomic E-state index is 12.7. The van der Waals surface area contributed by atoms with Crippen LogP contribution < -0.4 is 10.2 Å². The minimum atomic E-state index is -0.132. The number of anilines is 1. The highest BCUT2D eigenvalue weighted by atomic mass is 35.5. The molecule has 1 fully saturated rings. The third-order valence-electron chi connectivity index (χ3n) is 4.06. The van der Waals surface area contributed by atoms with Gasteiger partial charge >= 0.3 is 0 Å². The van der Waals surface area contributed by atoms with E-state index in [1.807, 2.05) is 37.3 Å². The maximum Gasteiger partial charge on any atom is 0.255 e. The van der Waals surface area contributed by atoms with Crippen LogP contribution in [0.2, 0.25) is 5.02 Å². The SMILES string of the molecule is CC(NC(=O)c1cccnc1N1CCOCC1)c1ccc(Cl)cc1. The molecule has 0 saturated carbocycles. The van der Waals surface area contributed by atoms with Gasteiger partial charge in [-0.3, -0.25) is 4.79 Å². The third kappa shape index (κ3) is 3.86. The smallest absolute Gasteiger partial charge is 0.255 e. The summed E-state index contributed by atoms with van der Waals surface area (Å²) in [7, 11) is 0. The molecular weight excluding hydrogens is 326 g/mol. The Bertz CT molecular complexity index is 700. The number of benzene rings is 1. The van der Waals surface area contributed by atoms with Crippen molar-refractivity contribution in [3.05, 3.63) is 58.7 Å². The van der Waals surface area contributed by atoms with Gasteiger partial charge in [-0.05, 0) is 36.8 Å². The molecule has 1 saturated heterocycles. The van der Waals surface area contributed by atoms with E-state index < -0.39 is 0 Å². The molecule has 0 aliphatic carbocycles. The van der Waals surface area contributed by atoms with Crippen LogP contribution in [0.25, 0.3) is 0 Å². The van der Waals surface area contributed by atoms with Crippen molar-refractivity contribution in [2.24, 2.45) is 0 Å². The van der Waals surface area contributed by atoms with Crippen molar-refractivity contribution in [3.8, 4) is 0 Å². The van der Waals surface area contributed by atoms with Gasteiger partial charge in [-0.1, -0.05) is 23.7 Å². The number of aromatic nitrogens is 1. The number of rotatable bonds is 4. The Labute approximate surface area is 146 Å². The first-order valence-corrected chi connectivity index (χ1v) is 8.37. The molecule has 126 valence electrons. The second kappa shape index (κ2) is 7.64. The fourth-order valence-electron chi connectivity index (χ4n) is 2.71. The molecule has 2 aromatic rings. The molecule has 6 heteroatoms. The normalized spacial score (nSPS) is 15.8. The van der Waals surface area contributed by atoms with Gasteiger partial charge in [0.05, 0.1) is 24.8 Å². The summed E-state index contributed by atoms with van der Waals surface area (Å²) in [6, 6.07) is 10.9. The number of carbonyl (C=O) groups is 1. The second-order valence-electron chi connectivity index (χ2n) is 5.72. The fourth-order valence-corrected chi connectivity index (χ4v) is 2.84. The first-order chi connectivity index (χ1) is 11.6. The van der Waals surface area contributed by atoms with Crippen molar-refractivity contribution in [1.29, 1.82) is 0 Å². The number of hydrogen-bond acceptors (Lipinski definition) is 4. The monoisotopic (exact) mass is 345 g/mol. The highest BCUT2D eigenvalue weighted by Gasteiger charge is 2.21. The van der Waals surface area contributed by atoms with Gasteiger partial charge in [-0.25, -0.2) is 4.98 Å². The molecule has 0 bridgehead atoms. The Morgan fingerprint density at radius 2 is 1.96 bits per heavy atom. The van der Waals surface area contributed by atoms with E-state index in [9.17, 15) is 4.79 Å². The van der Waals surface area contributed by atoms with E-state index in [1.54, 1.807) is 12.3 Å². The molecule has 24 heavy (non-hydrogen) atoms. The van der Waals surface area contributed by atoms with Gasteiger partial charge in [0, 0.05) is 24.3 Å². The molecule has 1 aromatic heterocycles. The molecule has 1 N–H and O–H groups in total. The zero-order valence-electron chi connectivity index (χ0n) is 13.5. The first-order valence-electron chi connectivity index (χ1n) is 7.99. The molecule has 5 nitrogen and oxygen atoms in total. The predicted molar refractivity (Wildman–Crippen MR) is 94.6 cm³/mol. The molecule has 1 amide bonds. The number of amides is 1. The molecule has 0 radical (unpaired) electrons. The Morgan fingerprint density at radius 1 is 1.25 bits per heavy atom. The summed E-state index contributed by atoms with van der Waals surface area (Å²) in [5.41, 5.74) is 1.59. The number of carbonyl (C=O) groups excluding carboxylic acids is 1. The van der Waals surface area contributed by atoms with Crippen molar-refractivity contribution in [1.82, 2.24) is 10.3 Å². The molecule has 1 aliphatic rings. The topological polar surface area (TPSA) is 54.5 Å². The molecule has 3 rings (SSSR count). The summed E-state index contributed by atoms with van der Waals surface area (Å²) < 4.78 is 5.37. The number of halogens is 1. The molecule has 1 unspecified atom stereocenters. The van der Waals surface area contributed by atoms with Crippen LogP contribution in [-0.2, 0) is 4.74 Å². The molecular formula is C18H20ClN3O2. The van der Waals surface area contributed by atoms with Gasteiger partial charge in [0.25, 0.3) is 5.91 Å². The number of pyridine rings is 1. The lowest BCUT2D eigenvalue weighted by atomic mass is 10.1. The molecule has 1 aliphatic heterocycles. The minimum absolute atomic E-state index is 0.118. The lowest BCUT2D eigenvalue weighted by molar-refractivity contribution is 0.0938. The average Bonchev–Trinajstić information content (AvgIpc) is 2.63. The number of morpholine rings is 1. The first kappa shape index (κ1) is 16.7. The average molecular weight is 346 g/mol. The Hall–Kier alpha value is -2.11. The second-order valence-corrected chi connectivity index (χ2v) is 6.16. The van der Waals surface area contributed by atoms with Crippen molar-refractivity contribution >= 4 is 23.3 Å². The van der Waals surface area contributed by atoms with Crippen molar-refractivity contribution in [2.45, 2.75) is 13.0 Å². The molecule has 1 aromatic carbocycles. The highest BCUT2D eigenvalue weighted by Crippen LogP contribution is 2.21. The van der Waals surface area contributed by atoms with E-state index in [0.29, 0.717) is 29.6 Å². The van der Waals surface area contributed by atoms with Crippen LogP contribution in [0, 0.1) is 0 Å². The van der Waals surface area contributed by atoms with E-state index in [1.165, 1.54) is 0 Å². The van der Waals surface area contributed by atoms with E-state index in [2.05, 4.69) is 15.2 Å². The Balaban J connectivity index is 1.76. The van der Waals surface area contributed by atoms with Crippen LogP contribution in [0.15, 0.2) is 42.6 Å².